The number of carbonyl (C=O) groups is 2. The zero-order valence-corrected chi connectivity index (χ0v) is 11.1. The van der Waals surface area contributed by atoms with Gasteiger partial charge in [0.25, 0.3) is 15.9 Å². The minimum Gasteiger partial charge on any atom is -0.480 e. The molecular weight excluding hydrogens is 276 g/mol. The summed E-state index contributed by atoms with van der Waals surface area (Å²) in [5.74, 6) is -2.68. The first-order valence-corrected chi connectivity index (χ1v) is 6.84. The van der Waals surface area contributed by atoms with Crippen LogP contribution in [-0.4, -0.2) is 31.4 Å². The summed E-state index contributed by atoms with van der Waals surface area (Å²) in [6, 6.07) is 1.03. The zero-order valence-electron chi connectivity index (χ0n) is 10.3. The third-order valence-electron chi connectivity index (χ3n) is 2.30. The number of rotatable bonds is 5. The second-order valence-electron chi connectivity index (χ2n) is 4.20. The highest BCUT2D eigenvalue weighted by atomic mass is 32.2. The number of nitrogens with two attached hydrogens (primary N) is 1. The van der Waals surface area contributed by atoms with Crippen LogP contribution in [0.5, 0.6) is 0 Å². The third-order valence-corrected chi connectivity index (χ3v) is 3.09. The highest BCUT2D eigenvalue weighted by Gasteiger charge is 2.26. The predicted molar refractivity (Wildman–Crippen MR) is 63.8 cm³/mol. The first kappa shape index (κ1) is 15.2. The van der Waals surface area contributed by atoms with Gasteiger partial charge in [-0.05, 0) is 18.1 Å². The maximum Gasteiger partial charge on any atom is 0.326 e. The van der Waals surface area contributed by atoms with Crippen LogP contribution in [0.1, 0.15) is 24.4 Å². The first-order chi connectivity index (χ1) is 8.62. The second-order valence-corrected chi connectivity index (χ2v) is 5.69. The van der Waals surface area contributed by atoms with Crippen molar-refractivity contribution in [1.82, 2.24) is 5.32 Å². The van der Waals surface area contributed by atoms with Crippen LogP contribution in [0.2, 0.25) is 0 Å². The summed E-state index contributed by atoms with van der Waals surface area (Å²) in [5.41, 5.74) is 0. The summed E-state index contributed by atoms with van der Waals surface area (Å²) in [6.45, 7) is 3.24. The Kier molecular flexibility index (Phi) is 4.32. The van der Waals surface area contributed by atoms with Crippen LogP contribution in [0, 0.1) is 5.92 Å². The Morgan fingerprint density at radius 3 is 2.32 bits per heavy atom. The summed E-state index contributed by atoms with van der Waals surface area (Å²) in [6.07, 6.45) is 0. The van der Waals surface area contributed by atoms with E-state index in [4.69, 9.17) is 14.7 Å². The average molecular weight is 290 g/mol. The van der Waals surface area contributed by atoms with E-state index >= 15 is 0 Å². The number of sulfonamides is 1. The van der Waals surface area contributed by atoms with Gasteiger partial charge >= 0.3 is 5.97 Å². The normalized spacial score (nSPS) is 13.3. The number of hydrogen-bond donors (Lipinski definition) is 3. The smallest absolute Gasteiger partial charge is 0.326 e. The molecule has 0 unspecified atom stereocenters. The minimum absolute atomic E-state index is 0.323. The van der Waals surface area contributed by atoms with Crippen molar-refractivity contribution in [2.75, 3.05) is 0 Å². The van der Waals surface area contributed by atoms with Crippen LogP contribution in [-0.2, 0) is 14.8 Å². The van der Waals surface area contributed by atoms with E-state index < -0.39 is 33.0 Å². The lowest BCUT2D eigenvalue weighted by atomic mass is 10.0. The summed E-state index contributed by atoms with van der Waals surface area (Å²) >= 11 is 0. The number of amides is 1. The number of carbonyl (C=O) groups excluding carboxylic acids is 1. The fourth-order valence-corrected chi connectivity index (χ4v) is 1.78. The molecule has 8 nitrogen and oxygen atoms in total. The van der Waals surface area contributed by atoms with E-state index in [1.165, 1.54) is 0 Å². The molecule has 1 amide bonds. The molecule has 0 aliphatic rings. The van der Waals surface area contributed by atoms with Gasteiger partial charge in [0.1, 0.15) is 6.04 Å². The highest BCUT2D eigenvalue weighted by Crippen LogP contribution is 2.13. The molecule has 19 heavy (non-hydrogen) atoms. The standard InChI is InChI=1S/C10H14N2O6S/c1-5(2)8(10(14)15)12-9(13)6-3-4-7(18-6)19(11,16)17/h3-5,8H,1-2H3,(H,12,13)(H,14,15)(H2,11,16,17)/t8-/m1/s1. The molecule has 0 aromatic carbocycles. The van der Waals surface area contributed by atoms with Crippen molar-refractivity contribution in [3.63, 3.8) is 0 Å². The summed E-state index contributed by atoms with van der Waals surface area (Å²) in [4.78, 5) is 22.6. The van der Waals surface area contributed by atoms with Gasteiger partial charge < -0.3 is 14.8 Å². The van der Waals surface area contributed by atoms with Crippen molar-refractivity contribution >= 4 is 21.9 Å². The lowest BCUT2D eigenvalue weighted by molar-refractivity contribution is -0.140. The zero-order chi connectivity index (χ0) is 14.8. The molecule has 0 saturated carbocycles. The van der Waals surface area contributed by atoms with E-state index in [1.807, 2.05) is 0 Å². The van der Waals surface area contributed by atoms with Gasteiger partial charge in [-0.25, -0.2) is 18.4 Å². The van der Waals surface area contributed by atoms with E-state index in [1.54, 1.807) is 13.8 Å². The van der Waals surface area contributed by atoms with Crippen LogP contribution in [0.3, 0.4) is 0 Å². The van der Waals surface area contributed by atoms with Gasteiger partial charge in [0.05, 0.1) is 0 Å². The van der Waals surface area contributed by atoms with E-state index in [-0.39, 0.29) is 11.7 Å². The Morgan fingerprint density at radius 2 is 1.95 bits per heavy atom. The van der Waals surface area contributed by atoms with Crippen molar-refractivity contribution in [3.05, 3.63) is 17.9 Å². The van der Waals surface area contributed by atoms with Crippen molar-refractivity contribution in [2.45, 2.75) is 25.0 Å². The Bertz CT molecular complexity index is 589. The van der Waals surface area contributed by atoms with Gasteiger partial charge in [-0.2, -0.15) is 0 Å². The highest BCUT2D eigenvalue weighted by molar-refractivity contribution is 7.89. The molecule has 0 aliphatic heterocycles. The molecule has 0 saturated heterocycles. The van der Waals surface area contributed by atoms with Crippen molar-refractivity contribution in [2.24, 2.45) is 11.1 Å². The predicted octanol–water partition coefficient (Wildman–Crippen LogP) is -0.234. The van der Waals surface area contributed by atoms with E-state index in [2.05, 4.69) is 5.32 Å². The summed E-state index contributed by atoms with van der Waals surface area (Å²) < 4.78 is 26.7. The molecule has 9 heteroatoms. The summed E-state index contributed by atoms with van der Waals surface area (Å²) in [7, 11) is -4.04. The molecule has 0 aliphatic carbocycles. The second kappa shape index (κ2) is 5.41. The molecule has 0 bridgehead atoms. The molecule has 1 aromatic heterocycles. The van der Waals surface area contributed by atoms with Gasteiger partial charge in [0.2, 0.25) is 5.09 Å². The molecule has 4 N–H and O–H groups in total. The Hall–Kier alpha value is -1.87. The first-order valence-electron chi connectivity index (χ1n) is 5.29. The quantitative estimate of drug-likeness (QED) is 0.684. The van der Waals surface area contributed by atoms with E-state index in [0.29, 0.717) is 0 Å². The number of aliphatic carboxylic acids is 1. The fourth-order valence-electron chi connectivity index (χ4n) is 1.32. The Balaban J connectivity index is 2.90. The molecular formula is C10H14N2O6S. The van der Waals surface area contributed by atoms with Crippen LogP contribution in [0.4, 0.5) is 0 Å². The van der Waals surface area contributed by atoms with E-state index in [0.717, 1.165) is 12.1 Å². The van der Waals surface area contributed by atoms with Gasteiger partial charge in [-0.3, -0.25) is 4.79 Å². The number of hydrogen-bond acceptors (Lipinski definition) is 5. The largest absolute Gasteiger partial charge is 0.480 e. The Labute approximate surface area is 109 Å². The van der Waals surface area contributed by atoms with Gasteiger partial charge in [-0.1, -0.05) is 13.8 Å². The molecule has 1 heterocycles. The third kappa shape index (κ3) is 3.80. The lowest BCUT2D eigenvalue weighted by Crippen LogP contribution is -2.44. The lowest BCUT2D eigenvalue weighted by Gasteiger charge is -2.16. The van der Waals surface area contributed by atoms with Crippen LogP contribution in [0.25, 0.3) is 0 Å². The molecule has 0 fully saturated rings. The van der Waals surface area contributed by atoms with Gasteiger partial charge in [-0.15, -0.1) is 0 Å². The van der Waals surface area contributed by atoms with Crippen LogP contribution in [0.15, 0.2) is 21.6 Å². The number of primary sulfonamides is 1. The number of carboxylic acids is 1. The molecule has 1 aromatic rings. The number of nitrogens with one attached hydrogen (secondary N) is 1. The van der Waals surface area contributed by atoms with Crippen molar-refractivity contribution in [3.8, 4) is 0 Å². The molecule has 0 radical (unpaired) electrons. The monoisotopic (exact) mass is 290 g/mol. The number of furan rings is 1. The minimum atomic E-state index is -4.04. The van der Waals surface area contributed by atoms with Crippen molar-refractivity contribution in [1.29, 1.82) is 0 Å². The Morgan fingerprint density at radius 1 is 1.37 bits per heavy atom. The van der Waals surface area contributed by atoms with Gasteiger partial charge in [0.15, 0.2) is 5.76 Å². The van der Waals surface area contributed by atoms with Crippen LogP contribution >= 0.6 is 0 Å². The molecule has 0 spiro atoms. The fraction of sp³-hybridized carbons (Fsp3) is 0.400. The molecule has 1 rings (SSSR count). The number of carboxylic acid groups (broad SMARTS) is 1. The average Bonchev–Trinajstić information content (AvgIpc) is 2.73. The molecule has 1 atom stereocenters. The maximum atomic E-state index is 11.7. The SMILES string of the molecule is CC(C)[C@@H](NC(=O)c1ccc(S(N)(=O)=O)o1)C(=O)O. The van der Waals surface area contributed by atoms with Crippen LogP contribution < -0.4 is 10.5 Å². The summed E-state index contributed by atoms with van der Waals surface area (Å²) in [5, 5.41) is 15.4. The van der Waals surface area contributed by atoms with Crippen molar-refractivity contribution < 1.29 is 27.5 Å². The van der Waals surface area contributed by atoms with Gasteiger partial charge in [0, 0.05) is 0 Å². The topological polar surface area (TPSA) is 140 Å². The molecule has 106 valence electrons. The maximum absolute atomic E-state index is 11.7. The van der Waals surface area contributed by atoms with E-state index in [9.17, 15) is 18.0 Å².